The molecule has 0 spiro atoms. The van der Waals surface area contributed by atoms with Crippen LogP contribution in [-0.2, 0) is 4.79 Å². The van der Waals surface area contributed by atoms with E-state index in [9.17, 15) is 4.79 Å². The highest BCUT2D eigenvalue weighted by Gasteiger charge is 2.39. The minimum Gasteiger partial charge on any atom is -0.330 e. The van der Waals surface area contributed by atoms with Gasteiger partial charge >= 0.3 is 0 Å². The zero-order valence-electron chi connectivity index (χ0n) is 11.8. The van der Waals surface area contributed by atoms with Crippen LogP contribution in [0.1, 0.15) is 12.8 Å². The maximum absolute atomic E-state index is 12.2. The molecule has 0 amide bonds. The number of hydrogen-bond acceptors (Lipinski definition) is 1. The summed E-state index contributed by atoms with van der Waals surface area (Å²) in [6, 6.07) is 0. The lowest BCUT2D eigenvalue weighted by Crippen LogP contribution is -2.43. The van der Waals surface area contributed by atoms with Crippen molar-refractivity contribution in [3.8, 4) is 0 Å². The summed E-state index contributed by atoms with van der Waals surface area (Å²) in [6.07, 6.45) is 2.19. The second kappa shape index (κ2) is 4.46. The van der Waals surface area contributed by atoms with Gasteiger partial charge in [0.1, 0.15) is 5.78 Å². The van der Waals surface area contributed by atoms with E-state index in [1.807, 2.05) is 0 Å². The number of ketones is 1. The van der Waals surface area contributed by atoms with Gasteiger partial charge in [-0.1, -0.05) is 0 Å². The number of hydrogen-bond donors (Lipinski definition) is 0. The maximum Gasteiger partial charge on any atom is 0.150 e. The van der Waals surface area contributed by atoms with Crippen LogP contribution in [0.15, 0.2) is 0 Å². The van der Waals surface area contributed by atoms with Gasteiger partial charge in [-0.25, -0.2) is 0 Å². The Morgan fingerprint density at radius 3 is 1.44 bits per heavy atom. The summed E-state index contributed by atoms with van der Waals surface area (Å²) in [7, 11) is 13.0. The molecule has 1 aliphatic rings. The Morgan fingerprint density at radius 1 is 0.875 bits per heavy atom. The molecule has 16 heavy (non-hydrogen) atoms. The molecule has 1 fully saturated rings. The van der Waals surface area contributed by atoms with Gasteiger partial charge in [-0.3, -0.25) is 4.79 Å². The van der Waals surface area contributed by atoms with Gasteiger partial charge in [0.15, 0.2) is 0 Å². The molecule has 0 heterocycles. The topological polar surface area (TPSA) is 17.1 Å². The largest absolute Gasteiger partial charge is 0.330 e. The van der Waals surface area contributed by atoms with Crippen LogP contribution in [0.2, 0.25) is 0 Å². The summed E-state index contributed by atoms with van der Waals surface area (Å²) < 4.78 is 1.79. The molecule has 1 rings (SSSR count). The molecule has 1 aliphatic carbocycles. The number of nitrogens with zero attached hydrogens (tertiary/aromatic N) is 2. The standard InChI is InChI=1S/C13H28N2O/c1-14(2,3)9-11-7-8-12(13(11)16)10-15(4,5)6/h11-12H,7-10H2,1-6H3/q+2/t11-,12-/m1/s1. The quantitative estimate of drug-likeness (QED) is 0.656. The Bertz CT molecular complexity index is 234. The van der Waals surface area contributed by atoms with E-state index in [1.165, 1.54) is 0 Å². The average Bonchev–Trinajstić information content (AvgIpc) is 2.30. The molecular formula is C13H28N2O+2. The van der Waals surface area contributed by atoms with Crippen molar-refractivity contribution in [2.75, 3.05) is 55.4 Å². The first-order valence-corrected chi connectivity index (χ1v) is 6.23. The number of Topliss-reactive ketones (excluding diaryl/α,β-unsaturated/α-hetero) is 1. The van der Waals surface area contributed by atoms with E-state index < -0.39 is 0 Å². The summed E-state index contributed by atoms with van der Waals surface area (Å²) in [5, 5.41) is 0. The second-order valence-corrected chi connectivity index (χ2v) is 7.32. The molecule has 3 nitrogen and oxygen atoms in total. The molecular weight excluding hydrogens is 200 g/mol. The van der Waals surface area contributed by atoms with Crippen LogP contribution in [0, 0.1) is 11.8 Å². The second-order valence-electron chi connectivity index (χ2n) is 7.32. The van der Waals surface area contributed by atoms with Crippen molar-refractivity contribution in [2.45, 2.75) is 12.8 Å². The van der Waals surface area contributed by atoms with E-state index in [-0.39, 0.29) is 0 Å². The highest BCUT2D eigenvalue weighted by Crippen LogP contribution is 2.29. The van der Waals surface area contributed by atoms with E-state index in [0.29, 0.717) is 17.6 Å². The number of carbonyl (C=O) groups is 1. The molecule has 0 unspecified atom stereocenters. The lowest BCUT2D eigenvalue weighted by Gasteiger charge is -2.28. The fourth-order valence-electron chi connectivity index (χ4n) is 2.71. The maximum atomic E-state index is 12.2. The molecule has 0 aliphatic heterocycles. The van der Waals surface area contributed by atoms with Crippen LogP contribution < -0.4 is 0 Å². The smallest absolute Gasteiger partial charge is 0.150 e. The first-order valence-electron chi connectivity index (χ1n) is 6.23. The summed E-state index contributed by atoms with van der Waals surface area (Å²) in [5.74, 6) is 1.12. The molecule has 0 aromatic rings. The minimum absolute atomic E-state index is 0.302. The van der Waals surface area contributed by atoms with Crippen molar-refractivity contribution >= 4 is 5.78 Å². The van der Waals surface area contributed by atoms with E-state index >= 15 is 0 Å². The molecule has 0 aromatic carbocycles. The Balaban J connectivity index is 2.55. The van der Waals surface area contributed by atoms with Crippen molar-refractivity contribution in [1.29, 1.82) is 0 Å². The molecule has 1 saturated carbocycles. The number of rotatable bonds is 4. The SMILES string of the molecule is C[N+](C)(C)C[C@H]1CC[C@H](C[N+](C)(C)C)C1=O. The Kier molecular flexibility index (Phi) is 3.80. The van der Waals surface area contributed by atoms with Crippen LogP contribution in [-0.4, -0.2) is 70.1 Å². The van der Waals surface area contributed by atoms with Gasteiger partial charge in [0.2, 0.25) is 0 Å². The van der Waals surface area contributed by atoms with Crippen molar-refractivity contribution < 1.29 is 13.8 Å². The highest BCUT2D eigenvalue weighted by molar-refractivity contribution is 5.85. The summed E-state index contributed by atoms with van der Waals surface area (Å²) >= 11 is 0. The zero-order chi connectivity index (χ0) is 12.6. The zero-order valence-corrected chi connectivity index (χ0v) is 11.8. The molecule has 0 N–H and O–H groups in total. The monoisotopic (exact) mass is 228 g/mol. The van der Waals surface area contributed by atoms with Gasteiger partial charge in [0.05, 0.1) is 67.2 Å². The normalized spacial score (nSPS) is 27.5. The molecule has 2 atom stereocenters. The van der Waals surface area contributed by atoms with Crippen LogP contribution >= 0.6 is 0 Å². The Morgan fingerprint density at radius 2 is 1.19 bits per heavy atom. The molecule has 3 heteroatoms. The van der Waals surface area contributed by atoms with E-state index in [1.54, 1.807) is 0 Å². The lowest BCUT2D eigenvalue weighted by molar-refractivity contribution is -0.873. The average molecular weight is 228 g/mol. The van der Waals surface area contributed by atoms with Gasteiger partial charge in [-0.15, -0.1) is 0 Å². The van der Waals surface area contributed by atoms with Gasteiger partial charge in [0.25, 0.3) is 0 Å². The van der Waals surface area contributed by atoms with Crippen LogP contribution in [0.4, 0.5) is 0 Å². The summed E-state index contributed by atoms with van der Waals surface area (Å²) in [6.45, 7) is 1.99. The number of carbonyl (C=O) groups excluding carboxylic acids is 1. The molecule has 0 bridgehead atoms. The third-order valence-electron chi connectivity index (χ3n) is 3.20. The van der Waals surface area contributed by atoms with Crippen LogP contribution in [0.3, 0.4) is 0 Å². The van der Waals surface area contributed by atoms with E-state index in [2.05, 4.69) is 42.3 Å². The lowest BCUT2D eigenvalue weighted by atomic mass is 10.0. The predicted molar refractivity (Wildman–Crippen MR) is 67.0 cm³/mol. The third kappa shape index (κ3) is 4.22. The van der Waals surface area contributed by atoms with E-state index in [4.69, 9.17) is 0 Å². The predicted octanol–water partition coefficient (Wildman–Crippen LogP) is 0.994. The summed E-state index contributed by atoms with van der Waals surface area (Å²) in [4.78, 5) is 12.2. The van der Waals surface area contributed by atoms with E-state index in [0.717, 1.165) is 34.9 Å². The Hall–Kier alpha value is -0.410. The number of quaternary nitrogens is 2. The third-order valence-corrected chi connectivity index (χ3v) is 3.20. The van der Waals surface area contributed by atoms with Crippen LogP contribution in [0.25, 0.3) is 0 Å². The molecule has 0 radical (unpaired) electrons. The minimum atomic E-state index is 0.302. The highest BCUT2D eigenvalue weighted by atomic mass is 16.1. The van der Waals surface area contributed by atoms with Gasteiger partial charge in [-0.05, 0) is 12.8 Å². The fraction of sp³-hybridized carbons (Fsp3) is 0.923. The van der Waals surface area contributed by atoms with Crippen molar-refractivity contribution in [1.82, 2.24) is 0 Å². The van der Waals surface area contributed by atoms with Crippen LogP contribution in [0.5, 0.6) is 0 Å². The van der Waals surface area contributed by atoms with Crippen molar-refractivity contribution in [3.05, 3.63) is 0 Å². The molecule has 0 aromatic heterocycles. The first-order chi connectivity index (χ1) is 7.08. The Labute approximate surface area is 100 Å². The molecule has 94 valence electrons. The summed E-state index contributed by atoms with van der Waals surface area (Å²) in [5.41, 5.74) is 0. The molecule has 0 saturated heterocycles. The van der Waals surface area contributed by atoms with Crippen molar-refractivity contribution in [3.63, 3.8) is 0 Å². The van der Waals surface area contributed by atoms with Gasteiger partial charge < -0.3 is 8.97 Å². The van der Waals surface area contributed by atoms with Gasteiger partial charge in [-0.2, -0.15) is 0 Å². The van der Waals surface area contributed by atoms with Gasteiger partial charge in [0, 0.05) is 0 Å². The first kappa shape index (κ1) is 13.7. The fourth-order valence-corrected chi connectivity index (χ4v) is 2.71. The van der Waals surface area contributed by atoms with Crippen molar-refractivity contribution in [2.24, 2.45) is 11.8 Å².